The van der Waals surface area contributed by atoms with E-state index in [1.807, 2.05) is 20.8 Å². The first-order valence-electron chi connectivity index (χ1n) is 5.15. The highest BCUT2D eigenvalue weighted by Crippen LogP contribution is 2.11. The normalized spacial score (nSPS) is 12.1. The van der Waals surface area contributed by atoms with Gasteiger partial charge in [0.25, 0.3) is 0 Å². The van der Waals surface area contributed by atoms with Gasteiger partial charge in [0, 0.05) is 16.8 Å². The van der Waals surface area contributed by atoms with E-state index in [2.05, 4.69) is 10.1 Å². The highest BCUT2D eigenvalue weighted by Gasteiger charge is 2.10. The molecule has 88 valence electrons. The molecule has 16 heavy (non-hydrogen) atoms. The Kier molecular flexibility index (Phi) is 3.62. The first-order valence-corrected chi connectivity index (χ1v) is 5.15. The summed E-state index contributed by atoms with van der Waals surface area (Å²) >= 11 is 0. The van der Waals surface area contributed by atoms with E-state index in [0.717, 1.165) is 5.56 Å². The molecule has 1 aromatic heterocycles. The summed E-state index contributed by atoms with van der Waals surface area (Å²) in [6.45, 7) is 9.13. The van der Waals surface area contributed by atoms with Crippen LogP contribution in [0.25, 0.3) is 0 Å². The van der Waals surface area contributed by atoms with Crippen LogP contribution in [-0.4, -0.2) is 16.8 Å². The summed E-state index contributed by atoms with van der Waals surface area (Å²) in [7, 11) is 0. The molecule has 0 aromatic carbocycles. The minimum Gasteiger partial charge on any atom is -0.390 e. The number of aryl methyl sites for hydroxylation is 2. The highest BCUT2D eigenvalue weighted by molar-refractivity contribution is 5.80. The van der Waals surface area contributed by atoms with Gasteiger partial charge in [0.1, 0.15) is 5.60 Å². The first-order chi connectivity index (χ1) is 7.29. The number of halogens is 1. The van der Waals surface area contributed by atoms with Crippen molar-refractivity contribution >= 4 is 6.21 Å². The molecule has 0 spiro atoms. The molecule has 0 aliphatic heterocycles. The topological polar surface area (TPSA) is 34.5 Å². The maximum atomic E-state index is 13.1. The number of rotatable bonds is 2. The maximum Gasteiger partial charge on any atom is 0.216 e. The monoisotopic (exact) mass is 224 g/mol. The Labute approximate surface area is 95.3 Å². The molecule has 0 radical (unpaired) electrons. The van der Waals surface area contributed by atoms with Gasteiger partial charge in [-0.15, -0.1) is 0 Å². The zero-order valence-electron chi connectivity index (χ0n) is 10.3. The molecule has 0 saturated heterocycles. The summed E-state index contributed by atoms with van der Waals surface area (Å²) in [5.41, 5.74) is 1.54. The van der Waals surface area contributed by atoms with E-state index < -0.39 is 5.95 Å². The number of hydrogen-bond donors (Lipinski definition) is 0. The summed E-state index contributed by atoms with van der Waals surface area (Å²) in [5, 5.41) is 3.86. The van der Waals surface area contributed by atoms with Crippen LogP contribution >= 0.6 is 0 Å². The largest absolute Gasteiger partial charge is 0.390 e. The Morgan fingerprint density at radius 3 is 2.56 bits per heavy atom. The molecule has 1 rings (SSSR count). The number of nitrogens with zero attached hydrogens (tertiary/aromatic N) is 2. The van der Waals surface area contributed by atoms with Gasteiger partial charge in [-0.1, -0.05) is 5.16 Å². The van der Waals surface area contributed by atoms with E-state index in [0.29, 0.717) is 11.3 Å². The van der Waals surface area contributed by atoms with Crippen molar-refractivity contribution in [2.45, 2.75) is 40.2 Å². The van der Waals surface area contributed by atoms with E-state index in [9.17, 15) is 4.39 Å². The standard InChI is InChI=1S/C12H17FN2O/c1-8-6-10(9(2)15-11(8)13)7-14-16-12(3,4)5/h6-7H,1-5H3/b14-7+. The number of pyridine rings is 1. The van der Waals surface area contributed by atoms with E-state index >= 15 is 0 Å². The first kappa shape index (κ1) is 12.6. The molecule has 3 nitrogen and oxygen atoms in total. The number of oxime groups is 1. The summed E-state index contributed by atoms with van der Waals surface area (Å²) in [6, 6.07) is 1.70. The predicted molar refractivity (Wildman–Crippen MR) is 62.1 cm³/mol. The molecule has 0 N–H and O–H groups in total. The highest BCUT2D eigenvalue weighted by atomic mass is 19.1. The third-order valence-electron chi connectivity index (χ3n) is 1.90. The van der Waals surface area contributed by atoms with Gasteiger partial charge in [-0.05, 0) is 40.7 Å². The van der Waals surface area contributed by atoms with Crippen molar-refractivity contribution in [2.75, 3.05) is 0 Å². The van der Waals surface area contributed by atoms with Crippen LogP contribution in [0.2, 0.25) is 0 Å². The van der Waals surface area contributed by atoms with Gasteiger partial charge in [-0.25, -0.2) is 4.98 Å². The lowest BCUT2D eigenvalue weighted by atomic mass is 10.1. The second-order valence-corrected chi connectivity index (χ2v) is 4.71. The molecule has 1 aromatic rings. The fourth-order valence-electron chi connectivity index (χ4n) is 1.07. The summed E-state index contributed by atoms with van der Waals surface area (Å²) in [6.07, 6.45) is 1.56. The Bertz CT molecular complexity index is 408. The minimum absolute atomic E-state index is 0.326. The minimum atomic E-state index is -0.439. The molecule has 0 atom stereocenters. The van der Waals surface area contributed by atoms with Crippen molar-refractivity contribution in [2.24, 2.45) is 5.16 Å². The summed E-state index contributed by atoms with van der Waals surface area (Å²) in [4.78, 5) is 8.98. The molecule has 0 amide bonds. The summed E-state index contributed by atoms with van der Waals surface area (Å²) in [5.74, 6) is -0.439. The molecule has 0 fully saturated rings. The Morgan fingerprint density at radius 1 is 1.38 bits per heavy atom. The zero-order valence-corrected chi connectivity index (χ0v) is 10.3. The number of hydrogen-bond acceptors (Lipinski definition) is 3. The lowest BCUT2D eigenvalue weighted by Crippen LogP contribution is -2.15. The predicted octanol–water partition coefficient (Wildman–Crippen LogP) is 2.99. The molecule has 0 saturated carbocycles. The average molecular weight is 224 g/mol. The fraction of sp³-hybridized carbons (Fsp3) is 0.500. The van der Waals surface area contributed by atoms with Crippen molar-refractivity contribution < 1.29 is 9.23 Å². The molecular formula is C12H17FN2O. The van der Waals surface area contributed by atoms with Gasteiger partial charge in [0.15, 0.2) is 0 Å². The van der Waals surface area contributed by atoms with E-state index in [1.54, 1.807) is 26.1 Å². The van der Waals surface area contributed by atoms with Crippen molar-refractivity contribution in [3.05, 3.63) is 28.8 Å². The van der Waals surface area contributed by atoms with Crippen molar-refractivity contribution in [3.8, 4) is 0 Å². The molecule has 0 bridgehead atoms. The third-order valence-corrected chi connectivity index (χ3v) is 1.90. The van der Waals surface area contributed by atoms with Crippen LogP contribution in [0.5, 0.6) is 0 Å². The Morgan fingerprint density at radius 2 is 2.00 bits per heavy atom. The lowest BCUT2D eigenvalue weighted by Gasteiger charge is -2.14. The van der Waals surface area contributed by atoms with Crippen LogP contribution in [0.15, 0.2) is 11.2 Å². The average Bonchev–Trinajstić information content (AvgIpc) is 2.11. The van der Waals surface area contributed by atoms with Crippen molar-refractivity contribution in [1.29, 1.82) is 0 Å². The van der Waals surface area contributed by atoms with E-state index in [-0.39, 0.29) is 5.60 Å². The van der Waals surface area contributed by atoms with Crippen LogP contribution in [0.4, 0.5) is 4.39 Å². The quantitative estimate of drug-likeness (QED) is 0.439. The van der Waals surface area contributed by atoms with Crippen LogP contribution < -0.4 is 0 Å². The van der Waals surface area contributed by atoms with Crippen LogP contribution in [-0.2, 0) is 4.84 Å². The molecule has 0 aliphatic rings. The molecule has 0 unspecified atom stereocenters. The van der Waals surface area contributed by atoms with Gasteiger partial charge < -0.3 is 4.84 Å². The fourth-order valence-corrected chi connectivity index (χ4v) is 1.07. The van der Waals surface area contributed by atoms with Gasteiger partial charge in [0.2, 0.25) is 5.95 Å². The molecule has 0 aliphatic carbocycles. The van der Waals surface area contributed by atoms with E-state index in [4.69, 9.17) is 4.84 Å². The Hall–Kier alpha value is -1.45. The van der Waals surface area contributed by atoms with Crippen LogP contribution in [0.1, 0.15) is 37.6 Å². The maximum absolute atomic E-state index is 13.1. The van der Waals surface area contributed by atoms with Crippen molar-refractivity contribution in [3.63, 3.8) is 0 Å². The summed E-state index contributed by atoms with van der Waals surface area (Å²) < 4.78 is 13.1. The number of aromatic nitrogens is 1. The Balaban J connectivity index is 2.86. The van der Waals surface area contributed by atoms with E-state index in [1.165, 1.54) is 0 Å². The molecular weight excluding hydrogens is 207 g/mol. The van der Waals surface area contributed by atoms with Crippen molar-refractivity contribution in [1.82, 2.24) is 4.98 Å². The SMILES string of the molecule is Cc1cc(/C=N/OC(C)(C)C)c(C)nc1F. The van der Waals surface area contributed by atoms with Gasteiger partial charge in [-0.3, -0.25) is 0 Å². The molecule has 1 heterocycles. The van der Waals surface area contributed by atoms with Gasteiger partial charge >= 0.3 is 0 Å². The third kappa shape index (κ3) is 3.61. The second-order valence-electron chi connectivity index (χ2n) is 4.71. The smallest absolute Gasteiger partial charge is 0.216 e. The van der Waals surface area contributed by atoms with Crippen LogP contribution in [0, 0.1) is 19.8 Å². The second kappa shape index (κ2) is 4.60. The van der Waals surface area contributed by atoms with Gasteiger partial charge in [0.05, 0.1) is 6.21 Å². The zero-order chi connectivity index (χ0) is 12.3. The molecule has 4 heteroatoms. The van der Waals surface area contributed by atoms with Crippen LogP contribution in [0.3, 0.4) is 0 Å². The lowest BCUT2D eigenvalue weighted by molar-refractivity contribution is 0.00198. The van der Waals surface area contributed by atoms with Gasteiger partial charge in [-0.2, -0.15) is 4.39 Å².